The van der Waals surface area contributed by atoms with Crippen molar-refractivity contribution in [1.82, 2.24) is 10.2 Å². The minimum Gasteiger partial charge on any atom is -0.493 e. The number of nitrogens with one attached hydrogen (secondary N) is 1. The summed E-state index contributed by atoms with van der Waals surface area (Å²) < 4.78 is 10.7. The Kier molecular flexibility index (Phi) is 4.69. The van der Waals surface area contributed by atoms with Crippen LogP contribution in [0.25, 0.3) is 17.3 Å². The Morgan fingerprint density at radius 3 is 2.50 bits per heavy atom. The van der Waals surface area contributed by atoms with Crippen molar-refractivity contribution in [3.05, 3.63) is 69.9 Å². The van der Waals surface area contributed by atoms with E-state index in [2.05, 4.69) is 42.2 Å². The lowest BCUT2D eigenvalue weighted by Crippen LogP contribution is -1.96. The Balaban J connectivity index is 1.63. The topological polar surface area (TPSA) is 67.4 Å². The molecular formula is C23H24N2O3. The third-order valence-corrected chi connectivity index (χ3v) is 5.43. The molecule has 144 valence electrons. The third-order valence-electron chi connectivity index (χ3n) is 5.43. The average Bonchev–Trinajstić information content (AvgIpc) is 3.28. The van der Waals surface area contributed by atoms with Crippen molar-refractivity contribution in [1.29, 1.82) is 0 Å². The standard InChI is InChI=1S/C23H24N2O3/c1-13-5-6-15(7-14(13)2)20-11-18(24-25-20)9-17-8-16-10-21(27-3)22(28-4)12-19(16)23(17)26/h5-7,9-12,23,26H,8H2,1-4H3,(H,24,25)/b17-9+. The maximum absolute atomic E-state index is 10.8. The number of ether oxygens (including phenoxy) is 2. The lowest BCUT2D eigenvalue weighted by atomic mass is 10.0. The van der Waals surface area contributed by atoms with Crippen molar-refractivity contribution >= 4 is 6.08 Å². The average molecular weight is 376 g/mol. The molecule has 1 unspecified atom stereocenters. The quantitative estimate of drug-likeness (QED) is 0.709. The van der Waals surface area contributed by atoms with Gasteiger partial charge in [-0.3, -0.25) is 5.10 Å². The number of aliphatic hydroxyl groups excluding tert-OH is 1. The molecule has 0 spiro atoms. The minimum atomic E-state index is -0.664. The zero-order valence-electron chi connectivity index (χ0n) is 16.5. The monoisotopic (exact) mass is 376 g/mol. The second-order valence-electron chi connectivity index (χ2n) is 7.21. The first-order valence-corrected chi connectivity index (χ1v) is 9.26. The zero-order chi connectivity index (χ0) is 19.8. The fourth-order valence-electron chi connectivity index (χ4n) is 3.65. The van der Waals surface area contributed by atoms with Crippen LogP contribution in [0.3, 0.4) is 0 Å². The van der Waals surface area contributed by atoms with E-state index in [1.54, 1.807) is 14.2 Å². The second kappa shape index (κ2) is 7.17. The van der Waals surface area contributed by atoms with Crippen LogP contribution >= 0.6 is 0 Å². The second-order valence-corrected chi connectivity index (χ2v) is 7.21. The van der Waals surface area contributed by atoms with Gasteiger partial charge in [0.2, 0.25) is 0 Å². The molecule has 0 amide bonds. The number of aromatic nitrogens is 2. The van der Waals surface area contributed by atoms with Gasteiger partial charge in [-0.15, -0.1) is 0 Å². The first kappa shape index (κ1) is 18.3. The molecule has 3 aromatic rings. The van der Waals surface area contributed by atoms with Gasteiger partial charge in [-0.2, -0.15) is 5.10 Å². The van der Waals surface area contributed by atoms with Gasteiger partial charge in [0.25, 0.3) is 0 Å². The highest BCUT2D eigenvalue weighted by molar-refractivity contribution is 5.66. The van der Waals surface area contributed by atoms with E-state index in [-0.39, 0.29) is 0 Å². The van der Waals surface area contributed by atoms with Crippen molar-refractivity contribution < 1.29 is 14.6 Å². The van der Waals surface area contributed by atoms with Gasteiger partial charge in [0.15, 0.2) is 11.5 Å². The molecule has 0 bridgehead atoms. The van der Waals surface area contributed by atoms with E-state index >= 15 is 0 Å². The zero-order valence-corrected chi connectivity index (χ0v) is 16.5. The van der Waals surface area contributed by atoms with Gasteiger partial charge < -0.3 is 14.6 Å². The molecule has 4 rings (SSSR count). The number of nitrogens with zero attached hydrogens (tertiary/aromatic N) is 1. The van der Waals surface area contributed by atoms with Crippen molar-refractivity contribution in [2.24, 2.45) is 0 Å². The fraction of sp³-hybridized carbons (Fsp3) is 0.261. The molecule has 5 heteroatoms. The van der Waals surface area contributed by atoms with Crippen LogP contribution < -0.4 is 9.47 Å². The van der Waals surface area contributed by atoms with Crippen molar-refractivity contribution in [2.45, 2.75) is 26.4 Å². The molecule has 5 nitrogen and oxygen atoms in total. The van der Waals surface area contributed by atoms with Crippen LogP contribution in [0.1, 0.15) is 34.1 Å². The van der Waals surface area contributed by atoms with Crippen LogP contribution in [0, 0.1) is 13.8 Å². The largest absolute Gasteiger partial charge is 0.493 e. The molecular weight excluding hydrogens is 352 g/mol. The Morgan fingerprint density at radius 1 is 1.04 bits per heavy atom. The number of benzene rings is 2. The maximum Gasteiger partial charge on any atom is 0.161 e. The number of aliphatic hydroxyl groups is 1. The normalized spacial score (nSPS) is 17.0. The van der Waals surface area contributed by atoms with E-state index in [9.17, 15) is 5.11 Å². The highest BCUT2D eigenvalue weighted by Crippen LogP contribution is 2.42. The van der Waals surface area contributed by atoms with Crippen LogP contribution in [0.4, 0.5) is 0 Å². The number of aryl methyl sites for hydroxylation is 2. The number of rotatable bonds is 4. The van der Waals surface area contributed by atoms with E-state index in [0.717, 1.165) is 33.7 Å². The van der Waals surface area contributed by atoms with Crippen LogP contribution in [0.5, 0.6) is 11.5 Å². The van der Waals surface area contributed by atoms with E-state index < -0.39 is 6.10 Å². The number of hydrogen-bond donors (Lipinski definition) is 2. The number of aromatic amines is 1. The highest BCUT2D eigenvalue weighted by atomic mass is 16.5. The predicted octanol–water partition coefficient (Wildman–Crippen LogP) is 4.38. The van der Waals surface area contributed by atoms with E-state index in [0.29, 0.717) is 17.9 Å². The van der Waals surface area contributed by atoms with Gasteiger partial charge >= 0.3 is 0 Å². The van der Waals surface area contributed by atoms with Gasteiger partial charge in [-0.25, -0.2) is 0 Å². The lowest BCUT2D eigenvalue weighted by Gasteiger charge is -2.11. The number of fused-ring (bicyclic) bond motifs is 1. The Bertz CT molecular complexity index is 1070. The van der Waals surface area contributed by atoms with Crippen molar-refractivity contribution in [3.63, 3.8) is 0 Å². The highest BCUT2D eigenvalue weighted by Gasteiger charge is 2.27. The summed E-state index contributed by atoms with van der Waals surface area (Å²) in [5, 5.41) is 18.3. The van der Waals surface area contributed by atoms with Crippen LogP contribution in [-0.4, -0.2) is 29.5 Å². The summed E-state index contributed by atoms with van der Waals surface area (Å²) in [6.07, 6.45) is 1.97. The van der Waals surface area contributed by atoms with Crippen LogP contribution in [-0.2, 0) is 6.42 Å². The lowest BCUT2D eigenvalue weighted by molar-refractivity contribution is 0.221. The van der Waals surface area contributed by atoms with E-state index in [4.69, 9.17) is 9.47 Å². The molecule has 1 aliphatic carbocycles. The minimum absolute atomic E-state index is 0.625. The summed E-state index contributed by atoms with van der Waals surface area (Å²) in [4.78, 5) is 0. The smallest absolute Gasteiger partial charge is 0.161 e. The van der Waals surface area contributed by atoms with Gasteiger partial charge in [0, 0.05) is 5.56 Å². The van der Waals surface area contributed by atoms with Gasteiger partial charge in [0.1, 0.15) is 6.10 Å². The van der Waals surface area contributed by atoms with Crippen molar-refractivity contribution in [2.75, 3.05) is 14.2 Å². The van der Waals surface area contributed by atoms with Crippen LogP contribution in [0.15, 0.2) is 42.0 Å². The number of hydrogen-bond acceptors (Lipinski definition) is 4. The molecule has 1 atom stereocenters. The first-order chi connectivity index (χ1) is 13.5. The Morgan fingerprint density at radius 2 is 1.79 bits per heavy atom. The molecule has 0 fully saturated rings. The van der Waals surface area contributed by atoms with E-state index in [1.165, 1.54) is 11.1 Å². The van der Waals surface area contributed by atoms with Gasteiger partial charge in [0.05, 0.1) is 25.6 Å². The summed E-state index contributed by atoms with van der Waals surface area (Å²) in [6, 6.07) is 12.1. The fourth-order valence-corrected chi connectivity index (χ4v) is 3.65. The van der Waals surface area contributed by atoms with Crippen LogP contribution in [0.2, 0.25) is 0 Å². The Hall–Kier alpha value is -3.05. The van der Waals surface area contributed by atoms with Gasteiger partial charge in [-0.05, 0) is 78.4 Å². The third kappa shape index (κ3) is 3.18. The molecule has 2 N–H and O–H groups in total. The summed E-state index contributed by atoms with van der Waals surface area (Å²) in [5.74, 6) is 1.30. The molecule has 2 aromatic carbocycles. The maximum atomic E-state index is 10.8. The molecule has 1 aromatic heterocycles. The number of methoxy groups -OCH3 is 2. The number of H-pyrrole nitrogens is 1. The Labute approximate surface area is 164 Å². The first-order valence-electron chi connectivity index (χ1n) is 9.26. The molecule has 0 aliphatic heterocycles. The molecule has 28 heavy (non-hydrogen) atoms. The molecule has 1 aliphatic rings. The predicted molar refractivity (Wildman–Crippen MR) is 110 cm³/mol. The van der Waals surface area contributed by atoms with Crippen molar-refractivity contribution in [3.8, 4) is 22.8 Å². The molecule has 1 heterocycles. The summed E-state index contributed by atoms with van der Waals surface area (Å²) in [6.45, 7) is 4.20. The molecule has 0 saturated carbocycles. The SMILES string of the molecule is COc1cc2c(cc1OC)C(O)/C(=C/c1cc(-c3ccc(C)c(C)c3)n[nH]1)C2. The molecule has 0 saturated heterocycles. The summed E-state index contributed by atoms with van der Waals surface area (Å²) >= 11 is 0. The van der Waals surface area contributed by atoms with E-state index in [1.807, 2.05) is 24.3 Å². The summed E-state index contributed by atoms with van der Waals surface area (Å²) in [7, 11) is 3.21. The van der Waals surface area contributed by atoms with Gasteiger partial charge in [-0.1, -0.05) is 12.1 Å². The summed E-state index contributed by atoms with van der Waals surface area (Å²) in [5.41, 5.74) is 8.17. The molecule has 0 radical (unpaired) electrons.